The van der Waals surface area contributed by atoms with Gasteiger partial charge in [-0.15, -0.1) is 0 Å². The number of hydrogen-bond donors (Lipinski definition) is 2. The highest BCUT2D eigenvalue weighted by Gasteiger charge is 2.53. The van der Waals surface area contributed by atoms with Crippen LogP contribution in [-0.4, -0.2) is 30.6 Å². The molecule has 2 rings (SSSR count). The summed E-state index contributed by atoms with van der Waals surface area (Å²) in [7, 11) is 0. The quantitative estimate of drug-likeness (QED) is 0.597. The number of guanidine groups is 1. The number of aliphatic imine (C=N–C) groups is 1. The number of nitrogens with two attached hydrogens (primary N) is 1. The lowest BCUT2D eigenvalue weighted by molar-refractivity contribution is 0.417. The zero-order valence-electron chi connectivity index (χ0n) is 11.0. The van der Waals surface area contributed by atoms with Gasteiger partial charge in [0, 0.05) is 13.1 Å². The lowest BCUT2D eigenvalue weighted by atomic mass is 9.96. The van der Waals surface area contributed by atoms with Crippen molar-refractivity contribution in [1.29, 1.82) is 0 Å². The fraction of sp³-hybridized carbons (Fsp3) is 0.923. The Morgan fingerprint density at radius 3 is 2.82 bits per heavy atom. The first-order chi connectivity index (χ1) is 8.12. The second kappa shape index (κ2) is 5.51. The highest BCUT2D eigenvalue weighted by atomic mass is 32.2. The number of hydrogen-bond acceptors (Lipinski definition) is 2. The Hall–Kier alpha value is -0.380. The van der Waals surface area contributed by atoms with Gasteiger partial charge in [-0.1, -0.05) is 13.8 Å². The third-order valence-corrected chi connectivity index (χ3v) is 4.99. The van der Waals surface area contributed by atoms with E-state index in [1.54, 1.807) is 0 Å². The lowest BCUT2D eigenvalue weighted by Gasteiger charge is -2.22. The van der Waals surface area contributed by atoms with E-state index in [9.17, 15) is 0 Å². The molecule has 1 saturated heterocycles. The predicted octanol–water partition coefficient (Wildman–Crippen LogP) is 2.08. The van der Waals surface area contributed by atoms with Gasteiger partial charge >= 0.3 is 0 Å². The van der Waals surface area contributed by atoms with Crippen LogP contribution in [0.3, 0.4) is 0 Å². The largest absolute Gasteiger partial charge is 0.370 e. The van der Waals surface area contributed by atoms with Crippen molar-refractivity contribution in [3.05, 3.63) is 0 Å². The van der Waals surface area contributed by atoms with Gasteiger partial charge in [0.05, 0.1) is 0 Å². The molecular weight excluding hydrogens is 230 g/mol. The summed E-state index contributed by atoms with van der Waals surface area (Å²) >= 11 is 2.11. The third kappa shape index (κ3) is 3.54. The maximum Gasteiger partial charge on any atom is 0.188 e. The van der Waals surface area contributed by atoms with E-state index >= 15 is 0 Å². The third-order valence-electron chi connectivity index (χ3n) is 4.00. The first-order valence-electron chi connectivity index (χ1n) is 6.74. The Bertz CT molecular complexity index is 282. The Labute approximate surface area is 109 Å². The molecular formula is C13H25N3S. The van der Waals surface area contributed by atoms with Gasteiger partial charge in [0.1, 0.15) is 0 Å². The zero-order chi connectivity index (χ0) is 12.3. The summed E-state index contributed by atoms with van der Waals surface area (Å²) in [6.45, 7) is 6.17. The predicted molar refractivity (Wildman–Crippen MR) is 76.4 cm³/mol. The van der Waals surface area contributed by atoms with Crippen molar-refractivity contribution in [3.8, 4) is 0 Å². The van der Waals surface area contributed by atoms with E-state index in [4.69, 9.17) is 5.73 Å². The van der Waals surface area contributed by atoms with E-state index < -0.39 is 0 Å². The molecule has 17 heavy (non-hydrogen) atoms. The molecule has 1 heterocycles. The zero-order valence-corrected chi connectivity index (χ0v) is 11.9. The molecule has 2 fully saturated rings. The maximum atomic E-state index is 5.85. The van der Waals surface area contributed by atoms with Gasteiger partial charge < -0.3 is 11.1 Å². The van der Waals surface area contributed by atoms with Crippen LogP contribution in [0.1, 0.15) is 33.1 Å². The van der Waals surface area contributed by atoms with Crippen LogP contribution >= 0.6 is 11.8 Å². The molecule has 1 atom stereocenters. The molecule has 1 unspecified atom stereocenters. The van der Waals surface area contributed by atoms with Crippen LogP contribution < -0.4 is 11.1 Å². The maximum absolute atomic E-state index is 5.85. The van der Waals surface area contributed by atoms with Crippen LogP contribution in [0.2, 0.25) is 0 Å². The number of nitrogens with zero attached hydrogens (tertiary/aromatic N) is 1. The van der Waals surface area contributed by atoms with Crippen molar-refractivity contribution >= 4 is 17.7 Å². The summed E-state index contributed by atoms with van der Waals surface area (Å²) in [5, 5.41) is 3.29. The van der Waals surface area contributed by atoms with Crippen molar-refractivity contribution < 1.29 is 0 Å². The van der Waals surface area contributed by atoms with Crippen molar-refractivity contribution in [2.24, 2.45) is 28.0 Å². The normalized spacial score (nSPS) is 27.5. The summed E-state index contributed by atoms with van der Waals surface area (Å²) in [6.07, 6.45) is 4.22. The fourth-order valence-electron chi connectivity index (χ4n) is 2.68. The molecule has 1 aliphatic carbocycles. The van der Waals surface area contributed by atoms with Crippen LogP contribution in [-0.2, 0) is 0 Å². The summed E-state index contributed by atoms with van der Waals surface area (Å²) in [4.78, 5) is 4.34. The van der Waals surface area contributed by atoms with Crippen LogP contribution in [0.4, 0.5) is 0 Å². The first kappa shape index (κ1) is 13.1. The number of rotatable bonds is 4. The van der Waals surface area contributed by atoms with Crippen LogP contribution in [0, 0.1) is 17.3 Å². The monoisotopic (exact) mass is 255 g/mol. The van der Waals surface area contributed by atoms with Crippen LogP contribution in [0.5, 0.6) is 0 Å². The minimum atomic E-state index is 0.581. The molecule has 4 heteroatoms. The molecule has 1 saturated carbocycles. The molecule has 1 spiro atoms. The number of nitrogens with one attached hydrogen (secondary N) is 1. The molecule has 3 N–H and O–H groups in total. The van der Waals surface area contributed by atoms with Gasteiger partial charge in [0.2, 0.25) is 0 Å². The van der Waals surface area contributed by atoms with Crippen molar-refractivity contribution in [2.45, 2.75) is 33.1 Å². The minimum absolute atomic E-state index is 0.581. The molecule has 0 aromatic heterocycles. The molecule has 0 amide bonds. The summed E-state index contributed by atoms with van der Waals surface area (Å²) in [5.74, 6) is 4.76. The van der Waals surface area contributed by atoms with Crippen molar-refractivity contribution in [1.82, 2.24) is 5.32 Å². The average molecular weight is 255 g/mol. The molecule has 0 aromatic carbocycles. The standard InChI is InChI=1S/C13H25N3S/c1-10(2)8-15-12(14)16-9-11-7-13(11)3-5-17-6-4-13/h10-11H,3-9H2,1-2H3,(H3,14,15,16). The SMILES string of the molecule is CC(C)CN=C(N)NCC1CC12CCSCC2. The number of thioether (sulfide) groups is 1. The Kier molecular flexibility index (Phi) is 4.23. The Morgan fingerprint density at radius 2 is 2.18 bits per heavy atom. The van der Waals surface area contributed by atoms with E-state index in [2.05, 4.69) is 35.9 Å². The van der Waals surface area contributed by atoms with Gasteiger partial charge in [-0.3, -0.25) is 4.99 Å². The Morgan fingerprint density at radius 1 is 1.47 bits per heavy atom. The highest BCUT2D eigenvalue weighted by molar-refractivity contribution is 7.99. The topological polar surface area (TPSA) is 50.4 Å². The van der Waals surface area contributed by atoms with Crippen molar-refractivity contribution in [2.75, 3.05) is 24.6 Å². The second-order valence-electron chi connectivity index (χ2n) is 5.88. The Balaban J connectivity index is 1.68. The van der Waals surface area contributed by atoms with Crippen molar-refractivity contribution in [3.63, 3.8) is 0 Å². The average Bonchev–Trinajstić information content (AvgIpc) is 2.97. The van der Waals surface area contributed by atoms with Crippen LogP contribution in [0.25, 0.3) is 0 Å². The summed E-state index contributed by atoms with van der Waals surface area (Å²) in [5.41, 5.74) is 6.53. The van der Waals surface area contributed by atoms with Gasteiger partial charge in [0.15, 0.2) is 5.96 Å². The van der Waals surface area contributed by atoms with E-state index in [0.29, 0.717) is 17.3 Å². The van der Waals surface area contributed by atoms with E-state index in [1.165, 1.54) is 30.8 Å². The molecule has 3 nitrogen and oxygen atoms in total. The molecule has 0 radical (unpaired) electrons. The van der Waals surface area contributed by atoms with Gasteiger partial charge in [-0.2, -0.15) is 11.8 Å². The van der Waals surface area contributed by atoms with E-state index in [-0.39, 0.29) is 0 Å². The van der Waals surface area contributed by atoms with E-state index in [0.717, 1.165) is 19.0 Å². The highest BCUT2D eigenvalue weighted by Crippen LogP contribution is 2.60. The fourth-order valence-corrected chi connectivity index (χ4v) is 3.98. The molecule has 1 aliphatic heterocycles. The van der Waals surface area contributed by atoms with E-state index in [1.807, 2.05) is 0 Å². The van der Waals surface area contributed by atoms with Crippen LogP contribution in [0.15, 0.2) is 4.99 Å². The van der Waals surface area contributed by atoms with Gasteiger partial charge in [0.25, 0.3) is 0 Å². The minimum Gasteiger partial charge on any atom is -0.370 e. The first-order valence-corrected chi connectivity index (χ1v) is 7.89. The summed E-state index contributed by atoms with van der Waals surface area (Å²) < 4.78 is 0. The smallest absolute Gasteiger partial charge is 0.188 e. The van der Waals surface area contributed by atoms with Gasteiger partial charge in [-0.25, -0.2) is 0 Å². The summed E-state index contributed by atoms with van der Waals surface area (Å²) in [6, 6.07) is 0. The molecule has 2 aliphatic rings. The van der Waals surface area contributed by atoms with Gasteiger partial charge in [-0.05, 0) is 48.0 Å². The molecule has 0 bridgehead atoms. The molecule has 98 valence electrons. The molecule has 0 aromatic rings. The lowest BCUT2D eigenvalue weighted by Crippen LogP contribution is -2.34. The second-order valence-corrected chi connectivity index (χ2v) is 7.10.